The molecule has 0 spiro atoms. The number of aryl methyl sites for hydroxylation is 3. The summed E-state index contributed by atoms with van der Waals surface area (Å²) in [6, 6.07) is 27.8. The van der Waals surface area contributed by atoms with Crippen molar-refractivity contribution in [2.24, 2.45) is 7.05 Å². The number of allylic oxidation sites excluding steroid dienone is 1. The number of nitrogens with one attached hydrogen (secondary N) is 3. The average Bonchev–Trinajstić information content (AvgIpc) is 4.26. The number of nitrogens with zero attached hydrogens (tertiary/aromatic N) is 7. The smallest absolute Gasteiger partial charge is 0.236 e. The number of thiophene rings is 2. The number of thiazole rings is 1. The Morgan fingerprint density at radius 1 is 0.934 bits per heavy atom. The minimum atomic E-state index is -0.293. The lowest BCUT2D eigenvalue weighted by Crippen LogP contribution is -2.31. The van der Waals surface area contributed by atoms with E-state index in [1.54, 1.807) is 40.3 Å². The fourth-order valence-electron chi connectivity index (χ4n) is 7.52. The van der Waals surface area contributed by atoms with Gasteiger partial charge in [0, 0.05) is 75.2 Å². The molecule has 0 radical (unpaired) electrons. The number of rotatable bonds is 12. The standard InChI is InChI=1S/C18H16N4O2S2.C13H12Cl2N2.2C12H14N2S2.CH4/c1-11-2-4-12(5-3-11)13-8-15(23)21-17(14(13)9-19)26-10-16(24)22-18-20-6-7-25-18;1-2-11-5-6-12(17-16-11)7-9-3-4-10(14)8-13(9)15;1-4-14-9(3)11(13-12(14)15)7-10-6-5-8(2)16-10;1-4-14-9(2)11(13(3)12(14)15)8-10-6-5-7-16-10;/h2-7,13H,8,10H2,1H3,(H,21,23)(H,20,22,24);3-6,8H,2,7H2,1H3;5-7H,3-4H2,1-2H3,(H,13,15);5-8H,2,4H2,1,3H3;1H4/b;;11-7-;11-8-;. The van der Waals surface area contributed by atoms with E-state index in [-0.39, 0.29) is 37.3 Å². The molecule has 76 heavy (non-hydrogen) atoms. The van der Waals surface area contributed by atoms with Crippen molar-refractivity contribution in [3.05, 3.63) is 190 Å². The summed E-state index contributed by atoms with van der Waals surface area (Å²) < 4.78 is 7.64. The number of amides is 2. The highest BCUT2D eigenvalue weighted by Crippen LogP contribution is 2.36. The predicted octanol–water partition coefficient (Wildman–Crippen LogP) is 11.8. The molecule has 12 nitrogen and oxygen atoms in total. The Bertz CT molecular complexity index is 3660. The fraction of sp³-hybridized carbons (Fsp3) is 0.250. The van der Waals surface area contributed by atoms with Crippen LogP contribution in [0.3, 0.4) is 0 Å². The van der Waals surface area contributed by atoms with Gasteiger partial charge in [0.25, 0.3) is 0 Å². The molecule has 2 aromatic carbocycles. The summed E-state index contributed by atoms with van der Waals surface area (Å²) in [5.74, 6) is -0.598. The number of carbonyl (C=O) groups excluding carboxylic acids is 2. The summed E-state index contributed by atoms with van der Waals surface area (Å²) in [6.07, 6.45) is 7.64. The third-order valence-electron chi connectivity index (χ3n) is 11.5. The summed E-state index contributed by atoms with van der Waals surface area (Å²) in [4.78, 5) is 35.1. The first-order valence-corrected chi connectivity index (χ1v) is 28.8. The second-order valence-electron chi connectivity index (χ2n) is 16.7. The molecule has 8 aromatic rings. The minimum Gasteiger partial charge on any atom is -0.331 e. The predicted molar refractivity (Wildman–Crippen MR) is 325 cm³/mol. The van der Waals surface area contributed by atoms with Crippen molar-refractivity contribution in [2.75, 3.05) is 11.1 Å². The molecule has 1 aliphatic heterocycles. The van der Waals surface area contributed by atoms with Crippen LogP contribution in [0.2, 0.25) is 10.0 Å². The molecule has 0 saturated carbocycles. The minimum absolute atomic E-state index is 0. The van der Waals surface area contributed by atoms with E-state index in [1.807, 2.05) is 77.7 Å². The van der Waals surface area contributed by atoms with Crippen LogP contribution in [0.4, 0.5) is 5.13 Å². The number of nitriles is 1. The molecule has 1 aliphatic rings. The van der Waals surface area contributed by atoms with Gasteiger partial charge < -0.3 is 29.3 Å². The Morgan fingerprint density at radius 3 is 2.22 bits per heavy atom. The maximum Gasteiger partial charge on any atom is 0.236 e. The second-order valence-corrected chi connectivity index (χ2v) is 22.5. The van der Waals surface area contributed by atoms with Gasteiger partial charge in [0.1, 0.15) is 0 Å². The number of halogens is 2. The molecule has 7 heterocycles. The number of aromatic amines is 1. The van der Waals surface area contributed by atoms with Crippen molar-refractivity contribution >= 4 is 136 Å². The number of imidazole rings is 2. The number of hydrogen-bond donors (Lipinski definition) is 3. The van der Waals surface area contributed by atoms with Crippen LogP contribution in [0.1, 0.15) is 83.2 Å². The Labute approximate surface area is 480 Å². The van der Waals surface area contributed by atoms with Gasteiger partial charge in [-0.2, -0.15) is 15.5 Å². The van der Waals surface area contributed by atoms with Gasteiger partial charge in [0.2, 0.25) is 11.8 Å². The van der Waals surface area contributed by atoms with Gasteiger partial charge in [-0.05, 0) is 130 Å². The van der Waals surface area contributed by atoms with Gasteiger partial charge in [-0.3, -0.25) is 9.59 Å². The van der Waals surface area contributed by atoms with Gasteiger partial charge in [0.15, 0.2) is 14.7 Å². The van der Waals surface area contributed by atoms with E-state index in [9.17, 15) is 14.9 Å². The first-order chi connectivity index (χ1) is 36.0. The van der Waals surface area contributed by atoms with Crippen molar-refractivity contribution in [1.29, 1.82) is 5.26 Å². The summed E-state index contributed by atoms with van der Waals surface area (Å²) in [5, 5.41) is 33.5. The molecule has 0 fully saturated rings. The third kappa shape index (κ3) is 16.7. The number of H-pyrrole nitrogens is 1. The lowest BCUT2D eigenvalue weighted by Gasteiger charge is -2.25. The molecular formula is C56H60Cl2N10O2S6. The molecule has 1 atom stereocenters. The molecule has 2 amide bonds. The molecule has 3 N–H and O–H groups in total. The van der Waals surface area contributed by atoms with Crippen LogP contribution in [0, 0.1) is 34.7 Å². The Balaban J connectivity index is 0.000000191. The van der Waals surface area contributed by atoms with E-state index < -0.39 is 0 Å². The number of thioether (sulfide) groups is 1. The van der Waals surface area contributed by atoms with E-state index in [1.165, 1.54) is 26.0 Å². The molecule has 0 aliphatic carbocycles. The van der Waals surface area contributed by atoms with Gasteiger partial charge in [-0.15, -0.1) is 34.0 Å². The highest BCUT2D eigenvalue weighted by molar-refractivity contribution is 8.03. The first-order valence-electron chi connectivity index (χ1n) is 23.7. The highest BCUT2D eigenvalue weighted by atomic mass is 35.5. The SMILES string of the molecule is C.C=c1/c(=C/c2ccc(C)s2)[nH]c(=S)n1CC.C=c1/c(=C/c2cccs2)n(C)c(=S)n1CC.CCc1ccc(Cc2ccc(Cl)cc2Cl)nn1.Cc1ccc(C2CC(=O)NC(SCC(=O)Nc3nccs3)=C2C#N)cc1. The van der Waals surface area contributed by atoms with Crippen LogP contribution < -0.4 is 32.0 Å². The van der Waals surface area contributed by atoms with Crippen molar-refractivity contribution in [3.63, 3.8) is 0 Å². The lowest BCUT2D eigenvalue weighted by molar-refractivity contribution is -0.121. The van der Waals surface area contributed by atoms with Gasteiger partial charge in [0.05, 0.1) is 55.2 Å². The Kier molecular flexibility index (Phi) is 23.6. The quantitative estimate of drug-likeness (QED) is 0.102. The molecule has 6 aromatic heterocycles. The zero-order valence-electron chi connectivity index (χ0n) is 42.3. The molecule has 0 saturated heterocycles. The van der Waals surface area contributed by atoms with E-state index >= 15 is 0 Å². The summed E-state index contributed by atoms with van der Waals surface area (Å²) in [6.45, 7) is 20.2. The molecule has 0 bridgehead atoms. The first kappa shape index (κ1) is 60.9. The highest BCUT2D eigenvalue weighted by Gasteiger charge is 2.30. The van der Waals surface area contributed by atoms with Crippen molar-refractivity contribution in [2.45, 2.75) is 80.3 Å². The summed E-state index contributed by atoms with van der Waals surface area (Å²) in [5.41, 5.74) is 5.44. The molecular weight excluding hydrogens is 1110 g/mol. The lowest BCUT2D eigenvalue weighted by atomic mass is 9.87. The van der Waals surface area contributed by atoms with E-state index in [2.05, 4.69) is 118 Å². The van der Waals surface area contributed by atoms with Gasteiger partial charge in [-0.25, -0.2) is 4.98 Å². The van der Waals surface area contributed by atoms with Crippen LogP contribution in [0.5, 0.6) is 0 Å². The fourth-order valence-corrected chi connectivity index (χ4v) is 11.6. The number of carbonyl (C=O) groups is 2. The van der Waals surface area contributed by atoms with Crippen LogP contribution in [0.25, 0.3) is 25.3 Å². The Hall–Kier alpha value is -6.01. The number of aromatic nitrogens is 7. The van der Waals surface area contributed by atoms with E-state index in [0.29, 0.717) is 32.2 Å². The molecule has 396 valence electrons. The number of anilines is 1. The summed E-state index contributed by atoms with van der Waals surface area (Å²) >= 11 is 28.5. The topological polar surface area (TPSA) is 151 Å². The average molecular weight is 1170 g/mol. The number of hydrogen-bond acceptors (Lipinski definition) is 12. The summed E-state index contributed by atoms with van der Waals surface area (Å²) in [7, 11) is 1.99. The Morgan fingerprint density at radius 2 is 1.66 bits per heavy atom. The normalized spacial score (nSPS) is 13.2. The molecule has 9 rings (SSSR count). The zero-order chi connectivity index (χ0) is 54.2. The van der Waals surface area contributed by atoms with Gasteiger partial charge >= 0.3 is 0 Å². The van der Waals surface area contributed by atoms with Crippen LogP contribution in [-0.2, 0) is 42.6 Å². The van der Waals surface area contributed by atoms with Crippen molar-refractivity contribution < 1.29 is 9.59 Å². The van der Waals surface area contributed by atoms with Crippen LogP contribution >= 0.6 is 93.4 Å². The zero-order valence-corrected chi connectivity index (χ0v) is 48.7. The van der Waals surface area contributed by atoms with Crippen LogP contribution in [-0.4, -0.2) is 51.4 Å². The van der Waals surface area contributed by atoms with Gasteiger partial charge in [-0.1, -0.05) is 104 Å². The molecule has 20 heteroatoms. The largest absolute Gasteiger partial charge is 0.331 e. The maximum atomic E-state index is 12.1. The van der Waals surface area contributed by atoms with E-state index in [0.717, 1.165) is 90.3 Å². The third-order valence-corrected chi connectivity index (χ3v) is 16.4. The molecule has 1 unspecified atom stereocenters. The van der Waals surface area contributed by atoms with Crippen LogP contribution in [0.15, 0.2) is 106 Å². The van der Waals surface area contributed by atoms with Crippen molar-refractivity contribution in [1.82, 2.24) is 39.2 Å². The van der Waals surface area contributed by atoms with E-state index in [4.69, 9.17) is 47.6 Å². The second kappa shape index (κ2) is 29.5. The monoisotopic (exact) mass is 1170 g/mol. The number of benzene rings is 2. The maximum absolute atomic E-state index is 12.1. The van der Waals surface area contributed by atoms with Crippen molar-refractivity contribution in [3.8, 4) is 6.07 Å².